The third kappa shape index (κ3) is 5.58. The number of nitrogens with zero attached hydrogens (tertiary/aromatic N) is 1. The number of hydrogen-bond donors (Lipinski definition) is 1. The van der Waals surface area contributed by atoms with Crippen LogP contribution in [0.4, 0.5) is 0 Å². The van der Waals surface area contributed by atoms with E-state index in [0.29, 0.717) is 5.56 Å². The normalized spacial score (nSPS) is 12.3. The van der Waals surface area contributed by atoms with Crippen molar-refractivity contribution in [3.05, 3.63) is 132 Å². The van der Waals surface area contributed by atoms with E-state index in [2.05, 4.69) is 10.3 Å². The molecule has 0 spiro atoms. The molecule has 1 amide bonds. The number of carbonyl (C=O) groups is 1. The van der Waals surface area contributed by atoms with Crippen LogP contribution < -0.4 is 5.32 Å². The zero-order chi connectivity index (χ0) is 23.8. The maximum absolute atomic E-state index is 13.4. The Balaban J connectivity index is 1.56. The molecule has 5 nitrogen and oxygen atoms in total. The zero-order valence-corrected chi connectivity index (χ0v) is 19.4. The summed E-state index contributed by atoms with van der Waals surface area (Å²) >= 11 is 0. The monoisotopic (exact) mass is 470 g/mol. The lowest BCUT2D eigenvalue weighted by atomic mass is 9.88. The van der Waals surface area contributed by atoms with E-state index in [1.54, 1.807) is 48.7 Å². The molecule has 1 N–H and O–H groups in total. The van der Waals surface area contributed by atoms with Gasteiger partial charge in [-0.15, -0.1) is 0 Å². The minimum absolute atomic E-state index is 0.0436. The highest BCUT2D eigenvalue weighted by molar-refractivity contribution is 7.91. The standard InChI is InChI=1S/C28H26N2O3S/c31-28(19-26(22-11-4-1-5-12-22)23-13-6-2-7-14-23)30-21-27(24-15-10-18-29-20-24)34(32,33)25-16-8-3-9-17-25/h1-18,20,26-27H,19,21H2,(H,30,31). The van der Waals surface area contributed by atoms with Gasteiger partial charge >= 0.3 is 0 Å². The first kappa shape index (κ1) is 23.4. The lowest BCUT2D eigenvalue weighted by molar-refractivity contribution is -0.121. The predicted molar refractivity (Wildman–Crippen MR) is 133 cm³/mol. The molecule has 0 fully saturated rings. The van der Waals surface area contributed by atoms with Crippen LogP contribution in [0, 0.1) is 0 Å². The van der Waals surface area contributed by atoms with Crippen molar-refractivity contribution in [2.45, 2.75) is 22.5 Å². The molecule has 1 heterocycles. The Morgan fingerprint density at radius 3 is 1.79 bits per heavy atom. The van der Waals surface area contributed by atoms with Gasteiger partial charge in [-0.05, 0) is 34.9 Å². The average Bonchev–Trinajstić information content (AvgIpc) is 2.89. The van der Waals surface area contributed by atoms with Crippen LogP contribution in [0.1, 0.15) is 34.3 Å². The molecule has 1 atom stereocenters. The molecule has 0 aliphatic heterocycles. The summed E-state index contributed by atoms with van der Waals surface area (Å²) in [4.78, 5) is 17.4. The van der Waals surface area contributed by atoms with Crippen LogP contribution in [0.15, 0.2) is 120 Å². The summed E-state index contributed by atoms with van der Waals surface area (Å²) in [5.74, 6) is -0.347. The Kier molecular flexibility index (Phi) is 7.50. The van der Waals surface area contributed by atoms with Crippen molar-refractivity contribution in [1.82, 2.24) is 10.3 Å². The van der Waals surface area contributed by atoms with Crippen LogP contribution in [0.2, 0.25) is 0 Å². The van der Waals surface area contributed by atoms with Gasteiger partial charge in [0.15, 0.2) is 9.84 Å². The minimum atomic E-state index is -3.74. The Morgan fingerprint density at radius 1 is 0.735 bits per heavy atom. The zero-order valence-electron chi connectivity index (χ0n) is 18.6. The molecule has 0 aliphatic rings. The number of amides is 1. The highest BCUT2D eigenvalue weighted by Gasteiger charge is 2.30. The summed E-state index contributed by atoms with van der Waals surface area (Å²) in [5, 5.41) is 1.94. The topological polar surface area (TPSA) is 76.1 Å². The van der Waals surface area contributed by atoms with Crippen molar-refractivity contribution in [1.29, 1.82) is 0 Å². The van der Waals surface area contributed by atoms with Gasteiger partial charge in [0.2, 0.25) is 5.91 Å². The molecule has 0 radical (unpaired) electrons. The third-order valence-corrected chi connectivity index (χ3v) is 7.90. The predicted octanol–water partition coefficient (Wildman–Crippen LogP) is 4.94. The number of rotatable bonds is 9. The number of aromatic nitrogens is 1. The summed E-state index contributed by atoms with van der Waals surface area (Å²) in [6.07, 6.45) is 3.34. The van der Waals surface area contributed by atoms with Crippen LogP contribution in [0.3, 0.4) is 0 Å². The lowest BCUT2D eigenvalue weighted by Crippen LogP contribution is -2.32. The molecule has 6 heteroatoms. The fourth-order valence-corrected chi connectivity index (χ4v) is 5.68. The minimum Gasteiger partial charge on any atom is -0.354 e. The molecular formula is C28H26N2O3S. The van der Waals surface area contributed by atoms with Crippen LogP contribution in [0.25, 0.3) is 0 Å². The van der Waals surface area contributed by atoms with Gasteiger partial charge in [-0.2, -0.15) is 0 Å². The molecule has 0 aliphatic carbocycles. The van der Waals surface area contributed by atoms with E-state index in [1.165, 1.54) is 6.20 Å². The van der Waals surface area contributed by atoms with Crippen molar-refractivity contribution < 1.29 is 13.2 Å². The fraction of sp³-hybridized carbons (Fsp3) is 0.143. The molecule has 34 heavy (non-hydrogen) atoms. The number of benzene rings is 3. The Morgan fingerprint density at radius 2 is 1.26 bits per heavy atom. The van der Waals surface area contributed by atoms with Gasteiger partial charge < -0.3 is 5.32 Å². The van der Waals surface area contributed by atoms with E-state index >= 15 is 0 Å². The van der Waals surface area contributed by atoms with Gasteiger partial charge in [-0.25, -0.2) is 8.42 Å². The number of sulfone groups is 1. The Hall–Kier alpha value is -3.77. The van der Waals surface area contributed by atoms with Crippen molar-refractivity contribution >= 4 is 15.7 Å². The van der Waals surface area contributed by atoms with Crippen molar-refractivity contribution in [3.8, 4) is 0 Å². The Labute approximate surface area is 200 Å². The van der Waals surface area contributed by atoms with E-state index in [9.17, 15) is 13.2 Å². The van der Waals surface area contributed by atoms with Gasteiger partial charge in [-0.3, -0.25) is 9.78 Å². The van der Waals surface area contributed by atoms with Gasteiger partial charge in [0, 0.05) is 31.3 Å². The quantitative estimate of drug-likeness (QED) is 0.376. The van der Waals surface area contributed by atoms with Crippen molar-refractivity contribution in [3.63, 3.8) is 0 Å². The van der Waals surface area contributed by atoms with Gasteiger partial charge in [0.05, 0.1) is 4.90 Å². The largest absolute Gasteiger partial charge is 0.354 e. The molecular weight excluding hydrogens is 444 g/mol. The summed E-state index contributed by atoms with van der Waals surface area (Å²) in [6, 6.07) is 31.4. The number of hydrogen-bond acceptors (Lipinski definition) is 4. The first-order valence-electron chi connectivity index (χ1n) is 11.1. The van der Waals surface area contributed by atoms with E-state index < -0.39 is 15.1 Å². The average molecular weight is 471 g/mol. The summed E-state index contributed by atoms with van der Waals surface area (Å²) in [5.41, 5.74) is 2.60. The molecule has 172 valence electrons. The van der Waals surface area contributed by atoms with E-state index in [-0.39, 0.29) is 29.7 Å². The molecule has 0 saturated carbocycles. The molecule has 4 aromatic rings. The molecule has 1 unspecified atom stereocenters. The number of nitrogens with one attached hydrogen (secondary N) is 1. The third-order valence-electron chi connectivity index (χ3n) is 5.78. The lowest BCUT2D eigenvalue weighted by Gasteiger charge is -2.21. The summed E-state index contributed by atoms with van der Waals surface area (Å²) in [6.45, 7) is -0.0436. The fourth-order valence-electron chi connectivity index (χ4n) is 4.01. The van der Waals surface area contributed by atoms with E-state index in [1.807, 2.05) is 60.7 Å². The summed E-state index contributed by atoms with van der Waals surface area (Å²) in [7, 11) is -3.74. The van der Waals surface area contributed by atoms with Gasteiger partial charge in [0.25, 0.3) is 0 Å². The first-order valence-corrected chi connectivity index (χ1v) is 12.7. The number of carbonyl (C=O) groups excluding carboxylic acids is 1. The smallest absolute Gasteiger partial charge is 0.221 e. The van der Waals surface area contributed by atoms with Gasteiger partial charge in [-0.1, -0.05) is 84.9 Å². The second kappa shape index (κ2) is 10.9. The molecule has 4 rings (SSSR count). The molecule has 0 saturated heterocycles. The molecule has 0 bridgehead atoms. The highest BCUT2D eigenvalue weighted by atomic mass is 32.2. The van der Waals surface area contributed by atoms with Gasteiger partial charge in [0.1, 0.15) is 5.25 Å². The maximum Gasteiger partial charge on any atom is 0.221 e. The van der Waals surface area contributed by atoms with E-state index in [4.69, 9.17) is 0 Å². The first-order chi connectivity index (χ1) is 16.6. The van der Waals surface area contributed by atoms with Crippen LogP contribution in [0.5, 0.6) is 0 Å². The van der Waals surface area contributed by atoms with Crippen LogP contribution >= 0.6 is 0 Å². The van der Waals surface area contributed by atoms with Crippen molar-refractivity contribution in [2.75, 3.05) is 6.54 Å². The SMILES string of the molecule is O=C(CC(c1ccccc1)c1ccccc1)NCC(c1cccnc1)S(=O)(=O)c1ccccc1. The Bertz CT molecular complexity index is 1260. The van der Waals surface area contributed by atoms with Crippen LogP contribution in [-0.4, -0.2) is 25.9 Å². The molecule has 1 aromatic heterocycles. The molecule has 3 aromatic carbocycles. The van der Waals surface area contributed by atoms with Crippen molar-refractivity contribution in [2.24, 2.45) is 0 Å². The maximum atomic E-state index is 13.4. The number of pyridine rings is 1. The second-order valence-corrected chi connectivity index (χ2v) is 10.1. The van der Waals surface area contributed by atoms with E-state index in [0.717, 1.165) is 11.1 Å². The second-order valence-electron chi connectivity index (χ2n) is 8.02. The van der Waals surface area contributed by atoms with Crippen LogP contribution in [-0.2, 0) is 14.6 Å². The highest BCUT2D eigenvalue weighted by Crippen LogP contribution is 2.30. The summed E-state index contributed by atoms with van der Waals surface area (Å²) < 4.78 is 26.9.